The molecule has 9 heteroatoms. The van der Waals surface area contributed by atoms with Crippen LogP contribution in [0.15, 0.2) is 72.8 Å². The van der Waals surface area contributed by atoms with E-state index in [-0.39, 0.29) is 11.6 Å². The van der Waals surface area contributed by atoms with Gasteiger partial charge in [0.2, 0.25) is 0 Å². The molecule has 4 aromatic rings. The topological polar surface area (TPSA) is 69.0 Å². The first kappa shape index (κ1) is 22.1. The SMILES string of the molecule is COc1nc(-c2ccc(C)cc2)n(-c2cccc(NC(=O)c3ccc(C(F)(F)F)cc3)c2)n1. The van der Waals surface area contributed by atoms with Crippen molar-refractivity contribution in [3.05, 3.63) is 89.5 Å². The van der Waals surface area contributed by atoms with Gasteiger partial charge >= 0.3 is 12.2 Å². The van der Waals surface area contributed by atoms with Gasteiger partial charge in [0.1, 0.15) is 0 Å². The van der Waals surface area contributed by atoms with Crippen LogP contribution in [0.4, 0.5) is 18.9 Å². The van der Waals surface area contributed by atoms with Crippen LogP contribution in [0.1, 0.15) is 21.5 Å². The fraction of sp³-hybridized carbons (Fsp3) is 0.125. The highest BCUT2D eigenvalue weighted by molar-refractivity contribution is 6.04. The number of hydrogen-bond acceptors (Lipinski definition) is 4. The molecule has 33 heavy (non-hydrogen) atoms. The number of ether oxygens (including phenoxy) is 1. The lowest BCUT2D eigenvalue weighted by Crippen LogP contribution is -2.13. The third-order valence-corrected chi connectivity index (χ3v) is 4.90. The van der Waals surface area contributed by atoms with Crippen LogP contribution >= 0.6 is 0 Å². The zero-order valence-electron chi connectivity index (χ0n) is 17.7. The van der Waals surface area contributed by atoms with Crippen molar-refractivity contribution in [2.45, 2.75) is 13.1 Å². The standard InChI is InChI=1S/C24H19F3N4O2/c1-15-6-8-16(9-7-15)21-29-23(33-2)30-31(21)20-5-3-4-19(14-20)28-22(32)17-10-12-18(13-11-17)24(25,26)27/h3-14H,1-2H3,(H,28,32). The number of hydrogen-bond donors (Lipinski definition) is 1. The summed E-state index contributed by atoms with van der Waals surface area (Å²) in [6.45, 7) is 1.98. The van der Waals surface area contributed by atoms with Gasteiger partial charge in [0, 0.05) is 16.8 Å². The second kappa shape index (κ2) is 8.78. The molecular formula is C24H19F3N4O2. The summed E-state index contributed by atoms with van der Waals surface area (Å²) in [5.41, 5.74) is 2.29. The molecule has 0 radical (unpaired) electrons. The highest BCUT2D eigenvalue weighted by atomic mass is 19.4. The number of methoxy groups -OCH3 is 1. The smallest absolute Gasteiger partial charge is 0.416 e. The average molecular weight is 452 g/mol. The van der Waals surface area contributed by atoms with Crippen molar-refractivity contribution in [1.29, 1.82) is 0 Å². The molecule has 0 unspecified atom stereocenters. The Bertz CT molecular complexity index is 1280. The third kappa shape index (κ3) is 4.87. The quantitative estimate of drug-likeness (QED) is 0.433. The molecular weight excluding hydrogens is 433 g/mol. The number of anilines is 1. The molecule has 0 aliphatic rings. The van der Waals surface area contributed by atoms with Crippen molar-refractivity contribution in [3.8, 4) is 23.1 Å². The summed E-state index contributed by atoms with van der Waals surface area (Å²) in [7, 11) is 1.47. The molecule has 3 aromatic carbocycles. The second-order valence-corrected chi connectivity index (χ2v) is 7.28. The molecule has 0 atom stereocenters. The van der Waals surface area contributed by atoms with Gasteiger partial charge in [-0.15, -0.1) is 5.10 Å². The van der Waals surface area contributed by atoms with Crippen LogP contribution < -0.4 is 10.1 Å². The van der Waals surface area contributed by atoms with Gasteiger partial charge in [-0.3, -0.25) is 4.79 Å². The molecule has 0 aliphatic carbocycles. The van der Waals surface area contributed by atoms with E-state index in [1.165, 1.54) is 7.11 Å². The van der Waals surface area contributed by atoms with Crippen molar-refractivity contribution < 1.29 is 22.7 Å². The Labute approximate surface area is 187 Å². The predicted molar refractivity (Wildman–Crippen MR) is 117 cm³/mol. The molecule has 4 rings (SSSR count). The van der Waals surface area contributed by atoms with Gasteiger partial charge in [-0.05, 0) is 49.4 Å². The lowest BCUT2D eigenvalue weighted by Gasteiger charge is -2.10. The second-order valence-electron chi connectivity index (χ2n) is 7.28. The molecule has 1 aromatic heterocycles. The molecule has 0 saturated carbocycles. The van der Waals surface area contributed by atoms with E-state index in [9.17, 15) is 18.0 Å². The van der Waals surface area contributed by atoms with Gasteiger partial charge in [-0.1, -0.05) is 35.9 Å². The van der Waals surface area contributed by atoms with Crippen LogP contribution in [0, 0.1) is 6.92 Å². The van der Waals surface area contributed by atoms with Gasteiger partial charge in [0.15, 0.2) is 5.82 Å². The summed E-state index contributed by atoms with van der Waals surface area (Å²) in [5, 5.41) is 7.07. The number of rotatable bonds is 5. The highest BCUT2D eigenvalue weighted by Gasteiger charge is 2.30. The summed E-state index contributed by atoms with van der Waals surface area (Å²) in [4.78, 5) is 17.0. The molecule has 0 aliphatic heterocycles. The molecule has 0 bridgehead atoms. The Balaban J connectivity index is 1.62. The van der Waals surface area contributed by atoms with Gasteiger partial charge < -0.3 is 10.1 Å². The summed E-state index contributed by atoms with van der Waals surface area (Å²) >= 11 is 0. The number of halogens is 3. The average Bonchev–Trinajstić information content (AvgIpc) is 3.24. The van der Waals surface area contributed by atoms with Crippen LogP contribution in [0.25, 0.3) is 17.1 Å². The number of alkyl halides is 3. The van der Waals surface area contributed by atoms with E-state index in [2.05, 4.69) is 15.4 Å². The first-order valence-corrected chi connectivity index (χ1v) is 9.92. The number of aromatic nitrogens is 3. The van der Waals surface area contributed by atoms with E-state index in [4.69, 9.17) is 4.74 Å². The molecule has 0 fully saturated rings. The Hall–Kier alpha value is -4.14. The minimum Gasteiger partial charge on any atom is -0.466 e. The Kier molecular flexibility index (Phi) is 5.87. The highest BCUT2D eigenvalue weighted by Crippen LogP contribution is 2.29. The zero-order valence-corrected chi connectivity index (χ0v) is 17.7. The molecule has 6 nitrogen and oxygen atoms in total. The lowest BCUT2D eigenvalue weighted by molar-refractivity contribution is -0.137. The fourth-order valence-electron chi connectivity index (χ4n) is 3.18. The van der Waals surface area contributed by atoms with Gasteiger partial charge in [-0.2, -0.15) is 18.2 Å². The third-order valence-electron chi connectivity index (χ3n) is 4.90. The minimum atomic E-state index is -4.46. The summed E-state index contributed by atoms with van der Waals surface area (Å²) in [6, 6.07) is 18.9. The van der Waals surface area contributed by atoms with Gasteiger partial charge in [0.05, 0.1) is 18.4 Å². The van der Waals surface area contributed by atoms with Crippen molar-refractivity contribution in [1.82, 2.24) is 14.8 Å². The Morgan fingerprint density at radius 2 is 1.70 bits per heavy atom. The zero-order chi connectivity index (χ0) is 23.6. The molecule has 0 saturated heterocycles. The lowest BCUT2D eigenvalue weighted by atomic mass is 10.1. The number of carbonyl (C=O) groups is 1. The monoisotopic (exact) mass is 452 g/mol. The number of benzene rings is 3. The van der Waals surface area contributed by atoms with E-state index in [1.807, 2.05) is 31.2 Å². The molecule has 168 valence electrons. The largest absolute Gasteiger partial charge is 0.466 e. The fourth-order valence-corrected chi connectivity index (χ4v) is 3.18. The number of nitrogens with zero attached hydrogens (tertiary/aromatic N) is 3. The normalized spacial score (nSPS) is 11.3. The van der Waals surface area contributed by atoms with Crippen molar-refractivity contribution in [2.75, 3.05) is 12.4 Å². The van der Waals surface area contributed by atoms with Crippen LogP contribution in [0.3, 0.4) is 0 Å². The first-order valence-electron chi connectivity index (χ1n) is 9.92. The number of aryl methyl sites for hydroxylation is 1. The van der Waals surface area contributed by atoms with Crippen LogP contribution in [0.2, 0.25) is 0 Å². The maximum atomic E-state index is 12.8. The maximum absolute atomic E-state index is 12.8. The first-order chi connectivity index (χ1) is 15.7. The van der Waals surface area contributed by atoms with Crippen LogP contribution in [-0.4, -0.2) is 27.8 Å². The van der Waals surface area contributed by atoms with Gasteiger partial charge in [-0.25, -0.2) is 4.68 Å². The summed E-state index contributed by atoms with van der Waals surface area (Å²) < 4.78 is 45.0. The van der Waals surface area contributed by atoms with Gasteiger partial charge in [0.25, 0.3) is 5.91 Å². The van der Waals surface area contributed by atoms with Crippen molar-refractivity contribution in [3.63, 3.8) is 0 Å². The molecule has 1 heterocycles. The van der Waals surface area contributed by atoms with E-state index >= 15 is 0 Å². The van der Waals surface area contributed by atoms with Crippen LogP contribution in [0.5, 0.6) is 6.01 Å². The number of carbonyl (C=O) groups excluding carboxylic acids is 1. The number of nitrogens with one attached hydrogen (secondary N) is 1. The van der Waals surface area contributed by atoms with E-state index < -0.39 is 17.6 Å². The molecule has 1 amide bonds. The Morgan fingerprint density at radius 3 is 2.33 bits per heavy atom. The Morgan fingerprint density at radius 1 is 1.00 bits per heavy atom. The number of amides is 1. The van der Waals surface area contributed by atoms with E-state index in [0.717, 1.165) is 35.4 Å². The molecule has 0 spiro atoms. The maximum Gasteiger partial charge on any atom is 0.416 e. The summed E-state index contributed by atoms with van der Waals surface area (Å²) in [6.07, 6.45) is -4.46. The van der Waals surface area contributed by atoms with Crippen molar-refractivity contribution in [2.24, 2.45) is 0 Å². The predicted octanol–water partition coefficient (Wildman–Crippen LogP) is 5.52. The molecule has 1 N–H and O–H groups in total. The van der Waals surface area contributed by atoms with Crippen LogP contribution in [-0.2, 0) is 6.18 Å². The van der Waals surface area contributed by atoms with Crippen molar-refractivity contribution >= 4 is 11.6 Å². The van der Waals surface area contributed by atoms with E-state index in [0.29, 0.717) is 17.2 Å². The summed E-state index contributed by atoms with van der Waals surface area (Å²) in [5.74, 6) is 0.0221. The van der Waals surface area contributed by atoms with E-state index in [1.54, 1.807) is 28.9 Å². The minimum absolute atomic E-state index is 0.108.